The fourth-order valence-corrected chi connectivity index (χ4v) is 1.66. The molecule has 1 saturated heterocycles. The van der Waals surface area contributed by atoms with Crippen LogP contribution in [-0.2, 0) is 4.74 Å². The zero-order valence-electron chi connectivity index (χ0n) is 11.0. The van der Waals surface area contributed by atoms with Crippen molar-refractivity contribution in [3.63, 3.8) is 0 Å². The summed E-state index contributed by atoms with van der Waals surface area (Å²) in [5.74, 6) is 1.75. The predicted octanol–water partition coefficient (Wildman–Crippen LogP) is 1.41. The second kappa shape index (κ2) is 8.01. The van der Waals surface area contributed by atoms with E-state index >= 15 is 0 Å². The van der Waals surface area contributed by atoms with Crippen LogP contribution in [0.3, 0.4) is 0 Å². The molecule has 0 bridgehead atoms. The molecule has 1 aliphatic rings. The molecule has 17 heavy (non-hydrogen) atoms. The summed E-state index contributed by atoms with van der Waals surface area (Å²) in [6, 6.07) is 0. The minimum absolute atomic E-state index is 0.792. The SMILES string of the molecule is CCCCO/C(C)=C/C=C(\N)N1CCNCC1. The minimum Gasteiger partial charge on any atom is -0.498 e. The molecule has 0 atom stereocenters. The number of nitrogens with two attached hydrogens (primary N) is 1. The predicted molar refractivity (Wildman–Crippen MR) is 71.3 cm³/mol. The number of nitrogens with zero attached hydrogens (tertiary/aromatic N) is 1. The molecule has 0 aromatic carbocycles. The standard InChI is InChI=1S/C13H25N3O/c1-3-4-11-17-12(2)5-6-13(14)16-9-7-15-8-10-16/h5-6,15H,3-4,7-11,14H2,1-2H3/b12-5+,13-6+. The van der Waals surface area contributed by atoms with Crippen LogP contribution in [-0.4, -0.2) is 37.7 Å². The van der Waals surface area contributed by atoms with Crippen molar-refractivity contribution in [2.75, 3.05) is 32.8 Å². The Balaban J connectivity index is 2.36. The van der Waals surface area contributed by atoms with Crippen LogP contribution in [0.25, 0.3) is 0 Å². The molecule has 0 spiro atoms. The zero-order chi connectivity index (χ0) is 12.5. The van der Waals surface area contributed by atoms with Gasteiger partial charge in [0.15, 0.2) is 0 Å². The Kier molecular flexibility index (Phi) is 6.55. The maximum atomic E-state index is 6.01. The van der Waals surface area contributed by atoms with E-state index in [9.17, 15) is 0 Å². The maximum Gasteiger partial charge on any atom is 0.0988 e. The lowest BCUT2D eigenvalue weighted by atomic mass is 10.3. The van der Waals surface area contributed by atoms with Gasteiger partial charge in [0.05, 0.1) is 18.2 Å². The second-order valence-corrected chi connectivity index (χ2v) is 4.31. The summed E-state index contributed by atoms with van der Waals surface area (Å²) in [5.41, 5.74) is 6.01. The Morgan fingerprint density at radius 3 is 2.71 bits per heavy atom. The van der Waals surface area contributed by atoms with E-state index in [1.807, 2.05) is 19.1 Å². The monoisotopic (exact) mass is 239 g/mol. The van der Waals surface area contributed by atoms with Crippen molar-refractivity contribution in [2.45, 2.75) is 26.7 Å². The zero-order valence-corrected chi connectivity index (χ0v) is 11.0. The Bertz CT molecular complexity index is 268. The molecule has 3 N–H and O–H groups in total. The molecule has 1 rings (SSSR count). The van der Waals surface area contributed by atoms with Crippen LogP contribution < -0.4 is 11.1 Å². The lowest BCUT2D eigenvalue weighted by Gasteiger charge is -2.29. The van der Waals surface area contributed by atoms with Crippen LogP contribution in [0, 0.1) is 0 Å². The molecular weight excluding hydrogens is 214 g/mol. The topological polar surface area (TPSA) is 50.5 Å². The molecule has 1 heterocycles. The van der Waals surface area contributed by atoms with Crippen LogP contribution in [0.15, 0.2) is 23.7 Å². The molecule has 4 heteroatoms. The normalized spacial score (nSPS) is 18.4. The van der Waals surface area contributed by atoms with Crippen LogP contribution in [0.4, 0.5) is 0 Å². The third kappa shape index (κ3) is 5.63. The highest BCUT2D eigenvalue weighted by Crippen LogP contribution is 2.03. The summed E-state index contributed by atoms with van der Waals surface area (Å²) in [6.07, 6.45) is 6.15. The summed E-state index contributed by atoms with van der Waals surface area (Å²) in [5, 5.41) is 3.30. The van der Waals surface area contributed by atoms with Gasteiger partial charge in [0.25, 0.3) is 0 Å². The number of nitrogens with one attached hydrogen (secondary N) is 1. The van der Waals surface area contributed by atoms with E-state index in [4.69, 9.17) is 10.5 Å². The Labute approximate surface area is 104 Å². The maximum absolute atomic E-state index is 6.01. The van der Waals surface area contributed by atoms with Crippen molar-refractivity contribution in [1.82, 2.24) is 10.2 Å². The van der Waals surface area contributed by atoms with E-state index in [2.05, 4.69) is 17.1 Å². The number of hydrogen-bond donors (Lipinski definition) is 2. The summed E-state index contributed by atoms with van der Waals surface area (Å²) in [7, 11) is 0. The molecular formula is C13H25N3O. The highest BCUT2D eigenvalue weighted by Gasteiger charge is 2.09. The molecule has 0 aromatic rings. The lowest BCUT2D eigenvalue weighted by molar-refractivity contribution is 0.209. The molecule has 1 fully saturated rings. The minimum atomic E-state index is 0.792. The van der Waals surface area contributed by atoms with Crippen LogP contribution in [0.1, 0.15) is 26.7 Å². The molecule has 0 saturated carbocycles. The number of allylic oxidation sites excluding steroid dienone is 3. The van der Waals surface area contributed by atoms with E-state index in [0.717, 1.165) is 57.2 Å². The molecule has 0 unspecified atom stereocenters. The van der Waals surface area contributed by atoms with E-state index in [-0.39, 0.29) is 0 Å². The van der Waals surface area contributed by atoms with Crippen molar-refractivity contribution < 1.29 is 4.74 Å². The summed E-state index contributed by atoms with van der Waals surface area (Å²) in [6.45, 7) is 8.88. The number of ether oxygens (including phenoxy) is 1. The summed E-state index contributed by atoms with van der Waals surface area (Å²) < 4.78 is 5.55. The van der Waals surface area contributed by atoms with E-state index < -0.39 is 0 Å². The van der Waals surface area contributed by atoms with Gasteiger partial charge < -0.3 is 20.7 Å². The van der Waals surface area contributed by atoms with Crippen molar-refractivity contribution in [3.05, 3.63) is 23.7 Å². The van der Waals surface area contributed by atoms with Crippen molar-refractivity contribution >= 4 is 0 Å². The van der Waals surface area contributed by atoms with Gasteiger partial charge >= 0.3 is 0 Å². The first-order valence-electron chi connectivity index (χ1n) is 6.46. The van der Waals surface area contributed by atoms with Crippen LogP contribution >= 0.6 is 0 Å². The second-order valence-electron chi connectivity index (χ2n) is 4.31. The fraction of sp³-hybridized carbons (Fsp3) is 0.692. The van der Waals surface area contributed by atoms with Gasteiger partial charge in [-0.2, -0.15) is 0 Å². The number of rotatable bonds is 6. The quantitative estimate of drug-likeness (QED) is 0.418. The van der Waals surface area contributed by atoms with Gasteiger partial charge in [-0.1, -0.05) is 13.3 Å². The van der Waals surface area contributed by atoms with E-state index in [1.165, 1.54) is 0 Å². The highest BCUT2D eigenvalue weighted by molar-refractivity contribution is 5.11. The smallest absolute Gasteiger partial charge is 0.0988 e. The first kappa shape index (κ1) is 13.9. The van der Waals surface area contributed by atoms with Crippen LogP contribution in [0.5, 0.6) is 0 Å². The van der Waals surface area contributed by atoms with Crippen molar-refractivity contribution in [3.8, 4) is 0 Å². The number of piperazine rings is 1. The largest absolute Gasteiger partial charge is 0.498 e. The summed E-state index contributed by atoms with van der Waals surface area (Å²) in [4.78, 5) is 2.19. The van der Waals surface area contributed by atoms with Gasteiger partial charge in [0.1, 0.15) is 0 Å². The molecule has 0 amide bonds. The highest BCUT2D eigenvalue weighted by atomic mass is 16.5. The summed E-state index contributed by atoms with van der Waals surface area (Å²) >= 11 is 0. The molecule has 1 aliphatic heterocycles. The number of unbranched alkanes of at least 4 members (excludes halogenated alkanes) is 1. The third-order valence-electron chi connectivity index (χ3n) is 2.80. The molecule has 4 nitrogen and oxygen atoms in total. The lowest BCUT2D eigenvalue weighted by Crippen LogP contribution is -2.44. The number of hydrogen-bond acceptors (Lipinski definition) is 4. The molecule has 0 aliphatic carbocycles. The van der Waals surface area contributed by atoms with Gasteiger partial charge in [-0.15, -0.1) is 0 Å². The molecule has 98 valence electrons. The average molecular weight is 239 g/mol. The molecule has 0 radical (unpaired) electrons. The van der Waals surface area contributed by atoms with Gasteiger partial charge in [-0.05, 0) is 25.5 Å². The third-order valence-corrected chi connectivity index (χ3v) is 2.80. The molecule has 0 aromatic heterocycles. The Morgan fingerprint density at radius 1 is 1.35 bits per heavy atom. The van der Waals surface area contributed by atoms with Gasteiger partial charge in [0.2, 0.25) is 0 Å². The van der Waals surface area contributed by atoms with Gasteiger partial charge in [-0.3, -0.25) is 0 Å². The van der Waals surface area contributed by atoms with Crippen LogP contribution in [0.2, 0.25) is 0 Å². The fourth-order valence-electron chi connectivity index (χ4n) is 1.66. The van der Waals surface area contributed by atoms with E-state index in [0.29, 0.717) is 0 Å². The first-order chi connectivity index (χ1) is 8.24. The first-order valence-corrected chi connectivity index (χ1v) is 6.46. The van der Waals surface area contributed by atoms with Crippen molar-refractivity contribution in [2.24, 2.45) is 5.73 Å². The average Bonchev–Trinajstić information content (AvgIpc) is 2.37. The van der Waals surface area contributed by atoms with Gasteiger partial charge in [-0.25, -0.2) is 0 Å². The van der Waals surface area contributed by atoms with E-state index in [1.54, 1.807) is 0 Å². The Morgan fingerprint density at radius 2 is 2.06 bits per heavy atom. The van der Waals surface area contributed by atoms with Gasteiger partial charge in [0, 0.05) is 26.2 Å². The Hall–Kier alpha value is -1.16. The van der Waals surface area contributed by atoms with Crippen molar-refractivity contribution in [1.29, 1.82) is 0 Å².